The lowest BCUT2D eigenvalue weighted by molar-refractivity contribution is -0.140. The van der Waals surface area contributed by atoms with Gasteiger partial charge in [-0.3, -0.25) is 14.5 Å². The van der Waals surface area contributed by atoms with Crippen molar-refractivity contribution in [2.75, 3.05) is 6.54 Å². The number of nitrogens with zero attached hydrogens (tertiary/aromatic N) is 2. The lowest BCUT2D eigenvalue weighted by Gasteiger charge is -2.09. The fourth-order valence-electron chi connectivity index (χ4n) is 1.35. The first-order valence-corrected chi connectivity index (χ1v) is 6.10. The van der Waals surface area contributed by atoms with E-state index in [9.17, 15) is 9.59 Å². The molecule has 2 rings (SSSR count). The van der Waals surface area contributed by atoms with Gasteiger partial charge < -0.3 is 9.63 Å². The first-order chi connectivity index (χ1) is 8.47. The third-order valence-electron chi connectivity index (χ3n) is 2.09. The van der Waals surface area contributed by atoms with Crippen LogP contribution in [0, 0.1) is 6.92 Å². The van der Waals surface area contributed by atoms with E-state index in [2.05, 4.69) is 5.16 Å². The van der Waals surface area contributed by atoms with Crippen LogP contribution in [0.2, 0.25) is 0 Å². The Bertz CT molecular complexity index is 564. The Kier molecular flexibility index (Phi) is 3.48. The lowest BCUT2D eigenvalue weighted by Crippen LogP contribution is -2.33. The maximum absolute atomic E-state index is 11.9. The SMILES string of the molecule is Cc1cc(/C=C2/SC(=S)N(CC(=O)O)C2=O)on1. The van der Waals surface area contributed by atoms with Crippen LogP contribution in [-0.4, -0.2) is 37.9 Å². The van der Waals surface area contributed by atoms with Crippen LogP contribution in [0.4, 0.5) is 0 Å². The fourth-order valence-corrected chi connectivity index (χ4v) is 2.59. The predicted molar refractivity (Wildman–Crippen MR) is 68.8 cm³/mol. The van der Waals surface area contributed by atoms with Gasteiger partial charge in [0.2, 0.25) is 0 Å². The standard InChI is InChI=1S/C10H8N2O4S2/c1-5-2-6(16-11-5)3-7-9(15)12(4-8(13)14)10(17)18-7/h2-3H,4H2,1H3,(H,13,14)/b7-3+. The molecule has 1 saturated heterocycles. The number of aromatic nitrogens is 1. The van der Waals surface area contributed by atoms with Gasteiger partial charge in [0, 0.05) is 12.1 Å². The van der Waals surface area contributed by atoms with E-state index in [1.165, 1.54) is 6.08 Å². The molecular weight excluding hydrogens is 276 g/mol. The summed E-state index contributed by atoms with van der Waals surface area (Å²) in [6.45, 7) is 1.33. The molecule has 0 atom stereocenters. The van der Waals surface area contributed by atoms with Gasteiger partial charge >= 0.3 is 5.97 Å². The number of rotatable bonds is 3. The normalized spacial score (nSPS) is 17.8. The Morgan fingerprint density at radius 1 is 1.72 bits per heavy atom. The molecule has 0 radical (unpaired) electrons. The molecule has 0 spiro atoms. The Labute approximate surface area is 112 Å². The number of thioether (sulfide) groups is 1. The fraction of sp³-hybridized carbons (Fsp3) is 0.200. The zero-order chi connectivity index (χ0) is 13.3. The predicted octanol–water partition coefficient (Wildman–Crippen LogP) is 1.27. The van der Waals surface area contributed by atoms with Gasteiger partial charge in [0.25, 0.3) is 5.91 Å². The minimum atomic E-state index is -1.11. The number of carbonyl (C=O) groups excluding carboxylic acids is 1. The average Bonchev–Trinajstić information content (AvgIpc) is 2.78. The molecule has 0 saturated carbocycles. The second kappa shape index (κ2) is 4.91. The van der Waals surface area contributed by atoms with Crippen LogP contribution in [0.3, 0.4) is 0 Å². The number of carboxylic acids is 1. The number of amides is 1. The minimum absolute atomic E-state index is 0.227. The third-order valence-corrected chi connectivity index (χ3v) is 3.46. The van der Waals surface area contributed by atoms with Crippen molar-refractivity contribution in [1.82, 2.24) is 10.1 Å². The van der Waals surface area contributed by atoms with Crippen LogP contribution >= 0.6 is 24.0 Å². The van der Waals surface area contributed by atoms with Gasteiger partial charge in [0.15, 0.2) is 5.76 Å². The van der Waals surface area contributed by atoms with E-state index in [-0.39, 0.29) is 4.32 Å². The molecule has 1 fully saturated rings. The first-order valence-electron chi connectivity index (χ1n) is 4.88. The Balaban J connectivity index is 2.22. The molecule has 1 aliphatic heterocycles. The smallest absolute Gasteiger partial charge is 0.323 e. The van der Waals surface area contributed by atoms with Crippen LogP contribution in [-0.2, 0) is 9.59 Å². The number of carbonyl (C=O) groups is 2. The zero-order valence-corrected chi connectivity index (χ0v) is 10.9. The van der Waals surface area contributed by atoms with Gasteiger partial charge in [-0.2, -0.15) is 0 Å². The van der Waals surface area contributed by atoms with Crippen molar-refractivity contribution >= 4 is 46.3 Å². The highest BCUT2D eigenvalue weighted by Crippen LogP contribution is 2.32. The molecular formula is C10H8N2O4S2. The maximum Gasteiger partial charge on any atom is 0.323 e. The quantitative estimate of drug-likeness (QED) is 0.661. The molecule has 0 bridgehead atoms. The van der Waals surface area contributed by atoms with E-state index < -0.39 is 18.4 Å². The molecule has 6 nitrogen and oxygen atoms in total. The summed E-state index contributed by atoms with van der Waals surface area (Å²) in [6.07, 6.45) is 1.50. The second-order valence-electron chi connectivity index (χ2n) is 3.53. The number of carboxylic acid groups (broad SMARTS) is 1. The number of hydrogen-bond donors (Lipinski definition) is 1. The number of aryl methyl sites for hydroxylation is 1. The second-order valence-corrected chi connectivity index (χ2v) is 5.21. The largest absolute Gasteiger partial charge is 0.480 e. The minimum Gasteiger partial charge on any atom is -0.480 e. The highest BCUT2D eigenvalue weighted by Gasteiger charge is 2.33. The number of hydrogen-bond acceptors (Lipinski definition) is 6. The van der Waals surface area contributed by atoms with Crippen LogP contribution in [0.15, 0.2) is 15.5 Å². The molecule has 1 N–H and O–H groups in total. The molecule has 94 valence electrons. The average molecular weight is 284 g/mol. The summed E-state index contributed by atoms with van der Waals surface area (Å²) >= 11 is 6.00. The molecule has 2 heterocycles. The van der Waals surface area contributed by atoms with Crippen molar-refractivity contribution < 1.29 is 19.2 Å². The number of thiocarbonyl (C=S) groups is 1. The molecule has 1 aromatic rings. The lowest BCUT2D eigenvalue weighted by atomic mass is 10.3. The van der Waals surface area contributed by atoms with E-state index in [1.807, 2.05) is 0 Å². The van der Waals surface area contributed by atoms with Gasteiger partial charge in [0.05, 0.1) is 10.6 Å². The van der Waals surface area contributed by atoms with Crippen molar-refractivity contribution in [3.8, 4) is 0 Å². The van der Waals surface area contributed by atoms with Crippen LogP contribution in [0.1, 0.15) is 11.5 Å². The van der Waals surface area contributed by atoms with E-state index in [0.717, 1.165) is 16.7 Å². The summed E-state index contributed by atoms with van der Waals surface area (Å²) in [6, 6.07) is 1.67. The van der Waals surface area contributed by atoms with Crippen molar-refractivity contribution in [3.63, 3.8) is 0 Å². The van der Waals surface area contributed by atoms with E-state index in [4.69, 9.17) is 21.8 Å². The summed E-state index contributed by atoms with van der Waals surface area (Å²) < 4.78 is 5.18. The van der Waals surface area contributed by atoms with Crippen molar-refractivity contribution in [2.24, 2.45) is 0 Å². The van der Waals surface area contributed by atoms with E-state index >= 15 is 0 Å². The van der Waals surface area contributed by atoms with Crippen molar-refractivity contribution in [1.29, 1.82) is 0 Å². The summed E-state index contributed by atoms with van der Waals surface area (Å²) in [7, 11) is 0. The topological polar surface area (TPSA) is 83.6 Å². The van der Waals surface area contributed by atoms with Gasteiger partial charge in [-0.25, -0.2) is 0 Å². The Hall–Kier alpha value is -1.67. The number of aliphatic carboxylic acids is 1. The Morgan fingerprint density at radius 3 is 3.00 bits per heavy atom. The molecule has 0 unspecified atom stereocenters. The summed E-state index contributed by atoms with van der Waals surface area (Å²) in [5, 5.41) is 12.4. The first kappa shape index (κ1) is 12.8. The van der Waals surface area contributed by atoms with Crippen molar-refractivity contribution in [3.05, 3.63) is 22.4 Å². The molecule has 0 aliphatic carbocycles. The van der Waals surface area contributed by atoms with Crippen molar-refractivity contribution in [2.45, 2.75) is 6.92 Å². The molecule has 8 heteroatoms. The molecule has 1 aliphatic rings. The third kappa shape index (κ3) is 2.59. The van der Waals surface area contributed by atoms with E-state index in [1.54, 1.807) is 13.0 Å². The molecule has 18 heavy (non-hydrogen) atoms. The van der Waals surface area contributed by atoms with Gasteiger partial charge in [-0.05, 0) is 6.92 Å². The van der Waals surface area contributed by atoms with Crippen LogP contribution in [0.5, 0.6) is 0 Å². The van der Waals surface area contributed by atoms with Crippen LogP contribution in [0.25, 0.3) is 6.08 Å². The molecule has 0 aromatic carbocycles. The highest BCUT2D eigenvalue weighted by molar-refractivity contribution is 8.26. The molecule has 1 aromatic heterocycles. The van der Waals surface area contributed by atoms with E-state index in [0.29, 0.717) is 16.4 Å². The van der Waals surface area contributed by atoms with Gasteiger partial charge in [-0.15, -0.1) is 0 Å². The summed E-state index contributed by atoms with van der Waals surface area (Å²) in [4.78, 5) is 23.9. The van der Waals surface area contributed by atoms with Gasteiger partial charge in [0.1, 0.15) is 10.9 Å². The van der Waals surface area contributed by atoms with Crippen LogP contribution < -0.4 is 0 Å². The highest BCUT2D eigenvalue weighted by atomic mass is 32.2. The molecule has 1 amide bonds. The van der Waals surface area contributed by atoms with Gasteiger partial charge in [-0.1, -0.05) is 29.1 Å². The zero-order valence-electron chi connectivity index (χ0n) is 9.24. The summed E-state index contributed by atoms with van der Waals surface area (Å²) in [5.41, 5.74) is 0.697. The summed E-state index contributed by atoms with van der Waals surface area (Å²) in [5.74, 6) is -1.10. The monoisotopic (exact) mass is 284 g/mol. The maximum atomic E-state index is 11.9. The Morgan fingerprint density at radius 2 is 2.44 bits per heavy atom.